The number of esters is 1. The largest absolute Gasteiger partial charge is 0.504 e. The highest BCUT2D eigenvalue weighted by Crippen LogP contribution is 2.27. The van der Waals surface area contributed by atoms with E-state index in [1.165, 1.54) is 31.4 Å². The van der Waals surface area contributed by atoms with Crippen LogP contribution < -0.4 is 4.74 Å². The Kier molecular flexibility index (Phi) is 6.07. The molecule has 1 saturated heterocycles. The smallest absolute Gasteiger partial charge is 0.338 e. The number of benzene rings is 1. The number of hydrogen-bond donors (Lipinski definition) is 1. The van der Waals surface area contributed by atoms with Crippen molar-refractivity contribution in [3.05, 3.63) is 23.8 Å². The molecule has 0 amide bonds. The molecular weight excluding hydrogens is 282 g/mol. The highest BCUT2D eigenvalue weighted by Gasteiger charge is 2.19. The zero-order valence-electron chi connectivity index (χ0n) is 13.4. The van der Waals surface area contributed by atoms with Crippen molar-refractivity contribution in [2.45, 2.75) is 39.2 Å². The molecule has 0 aliphatic carbocycles. The van der Waals surface area contributed by atoms with Gasteiger partial charge in [0, 0.05) is 6.04 Å². The number of hydrogen-bond acceptors (Lipinski definition) is 5. The van der Waals surface area contributed by atoms with E-state index in [-0.39, 0.29) is 17.8 Å². The van der Waals surface area contributed by atoms with Gasteiger partial charge in [0.15, 0.2) is 11.5 Å². The molecule has 1 atom stereocenters. The lowest BCUT2D eigenvalue weighted by molar-refractivity contribution is 0.0347. The van der Waals surface area contributed by atoms with Crippen LogP contribution in [0, 0.1) is 0 Å². The summed E-state index contributed by atoms with van der Waals surface area (Å²) >= 11 is 0. The number of phenols is 1. The van der Waals surface area contributed by atoms with Crippen LogP contribution in [0.25, 0.3) is 0 Å². The third kappa shape index (κ3) is 4.37. The summed E-state index contributed by atoms with van der Waals surface area (Å²) in [6.07, 6.45) is 3.72. The van der Waals surface area contributed by atoms with Gasteiger partial charge >= 0.3 is 5.97 Å². The summed E-state index contributed by atoms with van der Waals surface area (Å²) in [7, 11) is 0. The van der Waals surface area contributed by atoms with Gasteiger partial charge in [0.2, 0.25) is 0 Å². The molecule has 0 bridgehead atoms. The zero-order valence-corrected chi connectivity index (χ0v) is 13.4. The molecule has 0 saturated carbocycles. The number of carbonyl (C=O) groups is 1. The van der Waals surface area contributed by atoms with Gasteiger partial charge in [-0.1, -0.05) is 6.42 Å². The Balaban J connectivity index is 1.90. The first-order chi connectivity index (χ1) is 10.6. The number of phenolic OH excluding ortho intramolecular Hbond substituents is 1. The first-order valence-corrected chi connectivity index (χ1v) is 7.98. The minimum absolute atomic E-state index is 0.0279. The second-order valence-electron chi connectivity index (χ2n) is 5.66. The number of nitrogens with zero attached hydrogens (tertiary/aromatic N) is 1. The summed E-state index contributed by atoms with van der Waals surface area (Å²) < 4.78 is 10.7. The summed E-state index contributed by atoms with van der Waals surface area (Å²) in [5.74, 6) is -0.0501. The van der Waals surface area contributed by atoms with Gasteiger partial charge in [0.1, 0.15) is 6.61 Å². The molecule has 0 radical (unpaired) electrons. The average Bonchev–Trinajstić information content (AvgIpc) is 2.55. The molecule has 1 aliphatic rings. The first-order valence-electron chi connectivity index (χ1n) is 7.98. The molecule has 1 aliphatic heterocycles. The van der Waals surface area contributed by atoms with Gasteiger partial charge < -0.3 is 14.6 Å². The zero-order chi connectivity index (χ0) is 15.9. The lowest BCUT2D eigenvalue weighted by Crippen LogP contribution is -2.40. The fourth-order valence-corrected chi connectivity index (χ4v) is 2.66. The van der Waals surface area contributed by atoms with Crippen LogP contribution in [-0.2, 0) is 4.74 Å². The number of piperidine rings is 1. The van der Waals surface area contributed by atoms with Gasteiger partial charge in [0.25, 0.3) is 0 Å². The van der Waals surface area contributed by atoms with E-state index in [1.807, 2.05) is 6.92 Å². The van der Waals surface area contributed by atoms with Crippen molar-refractivity contribution >= 4 is 5.97 Å². The molecule has 5 nitrogen and oxygen atoms in total. The van der Waals surface area contributed by atoms with Gasteiger partial charge in [-0.25, -0.2) is 4.79 Å². The quantitative estimate of drug-likeness (QED) is 0.819. The SMILES string of the molecule is CCOc1cc(C(=O)OC[C@H](C)N2CCCCC2)ccc1O. The average molecular weight is 307 g/mol. The molecule has 122 valence electrons. The second kappa shape index (κ2) is 8.03. The standard InChI is InChI=1S/C17H25NO4/c1-3-21-16-11-14(7-8-15(16)19)17(20)22-12-13(2)18-9-5-4-6-10-18/h7-8,11,13,19H,3-6,9-10,12H2,1-2H3/t13-/m0/s1. The van der Waals surface area contributed by atoms with Gasteiger partial charge in [0.05, 0.1) is 12.2 Å². The third-order valence-electron chi connectivity index (χ3n) is 3.96. The molecule has 1 fully saturated rings. The van der Waals surface area contributed by atoms with E-state index in [0.29, 0.717) is 24.5 Å². The Bertz CT molecular complexity index is 497. The Morgan fingerprint density at radius 3 is 2.73 bits per heavy atom. The maximum Gasteiger partial charge on any atom is 0.338 e. The highest BCUT2D eigenvalue weighted by atomic mass is 16.5. The summed E-state index contributed by atoms with van der Waals surface area (Å²) in [4.78, 5) is 14.5. The predicted octanol–water partition coefficient (Wildman–Crippen LogP) is 2.82. The maximum atomic E-state index is 12.1. The topological polar surface area (TPSA) is 59.0 Å². The van der Waals surface area contributed by atoms with Crippen molar-refractivity contribution in [2.75, 3.05) is 26.3 Å². The monoisotopic (exact) mass is 307 g/mol. The normalized spacial score (nSPS) is 17.0. The van der Waals surface area contributed by atoms with E-state index in [1.54, 1.807) is 6.07 Å². The lowest BCUT2D eigenvalue weighted by Gasteiger charge is -2.31. The Morgan fingerprint density at radius 2 is 2.05 bits per heavy atom. The minimum Gasteiger partial charge on any atom is -0.504 e. The van der Waals surface area contributed by atoms with E-state index in [2.05, 4.69) is 11.8 Å². The summed E-state index contributed by atoms with van der Waals surface area (Å²) in [5, 5.41) is 9.65. The van der Waals surface area contributed by atoms with Crippen LogP contribution in [0.2, 0.25) is 0 Å². The van der Waals surface area contributed by atoms with Crippen LogP contribution in [0.3, 0.4) is 0 Å². The van der Waals surface area contributed by atoms with Crippen molar-refractivity contribution in [1.82, 2.24) is 4.90 Å². The fourth-order valence-electron chi connectivity index (χ4n) is 2.66. The van der Waals surface area contributed by atoms with Gasteiger partial charge in [-0.05, 0) is 58.0 Å². The van der Waals surface area contributed by atoms with Crippen molar-refractivity contribution in [3.63, 3.8) is 0 Å². The molecule has 1 aromatic rings. The van der Waals surface area contributed by atoms with E-state index in [4.69, 9.17) is 9.47 Å². The molecule has 1 N–H and O–H groups in total. The van der Waals surface area contributed by atoms with Crippen LogP contribution >= 0.6 is 0 Å². The minimum atomic E-state index is -0.384. The van der Waals surface area contributed by atoms with Crippen LogP contribution in [0.15, 0.2) is 18.2 Å². The van der Waals surface area contributed by atoms with E-state index in [0.717, 1.165) is 13.1 Å². The second-order valence-corrected chi connectivity index (χ2v) is 5.66. The molecule has 5 heteroatoms. The summed E-state index contributed by atoms with van der Waals surface area (Å²) in [6.45, 7) is 6.87. The molecule has 22 heavy (non-hydrogen) atoms. The molecule has 1 heterocycles. The van der Waals surface area contributed by atoms with Gasteiger partial charge in [-0.15, -0.1) is 0 Å². The number of ether oxygens (including phenoxy) is 2. The van der Waals surface area contributed by atoms with E-state index < -0.39 is 0 Å². The Hall–Kier alpha value is -1.75. The van der Waals surface area contributed by atoms with Gasteiger partial charge in [-0.3, -0.25) is 4.90 Å². The molecule has 2 rings (SSSR count). The fraction of sp³-hybridized carbons (Fsp3) is 0.588. The third-order valence-corrected chi connectivity index (χ3v) is 3.96. The van der Waals surface area contributed by atoms with Gasteiger partial charge in [-0.2, -0.15) is 0 Å². The predicted molar refractivity (Wildman–Crippen MR) is 84.4 cm³/mol. The summed E-state index contributed by atoms with van der Waals surface area (Å²) in [6, 6.07) is 4.75. The van der Waals surface area contributed by atoms with Crippen molar-refractivity contribution in [2.24, 2.45) is 0 Å². The van der Waals surface area contributed by atoms with Crippen molar-refractivity contribution in [3.8, 4) is 11.5 Å². The number of carbonyl (C=O) groups excluding carboxylic acids is 1. The van der Waals surface area contributed by atoms with E-state index in [9.17, 15) is 9.90 Å². The lowest BCUT2D eigenvalue weighted by atomic mass is 10.1. The van der Waals surface area contributed by atoms with Crippen molar-refractivity contribution in [1.29, 1.82) is 0 Å². The molecule has 1 aromatic carbocycles. The Labute approximate surface area is 131 Å². The summed E-state index contributed by atoms with van der Waals surface area (Å²) in [5.41, 5.74) is 0.395. The number of aromatic hydroxyl groups is 1. The molecular formula is C17H25NO4. The van der Waals surface area contributed by atoms with Crippen LogP contribution in [0.1, 0.15) is 43.5 Å². The van der Waals surface area contributed by atoms with Crippen LogP contribution in [0.5, 0.6) is 11.5 Å². The van der Waals surface area contributed by atoms with E-state index >= 15 is 0 Å². The first kappa shape index (κ1) is 16.6. The number of rotatable bonds is 6. The maximum absolute atomic E-state index is 12.1. The molecule has 0 spiro atoms. The van der Waals surface area contributed by atoms with Crippen LogP contribution in [-0.4, -0.2) is 48.3 Å². The van der Waals surface area contributed by atoms with Crippen LogP contribution in [0.4, 0.5) is 0 Å². The Morgan fingerprint density at radius 1 is 1.32 bits per heavy atom. The molecule has 0 unspecified atom stereocenters. The van der Waals surface area contributed by atoms with Crippen molar-refractivity contribution < 1.29 is 19.4 Å². The molecule has 0 aromatic heterocycles. The highest BCUT2D eigenvalue weighted by molar-refractivity contribution is 5.90. The number of likely N-dealkylation sites (tertiary alicyclic amines) is 1.